The Morgan fingerprint density at radius 2 is 2.47 bits per heavy atom. The fraction of sp³-hybridized carbons (Fsp3) is 0.556. The molecule has 0 radical (unpaired) electrons. The van der Waals surface area contributed by atoms with Crippen LogP contribution in [0.4, 0.5) is 5.13 Å². The molecule has 2 heterocycles. The topological polar surface area (TPSA) is 79.5 Å². The Morgan fingerprint density at radius 3 is 2.93 bits per heavy atom. The van der Waals surface area contributed by atoms with E-state index in [9.17, 15) is 9.90 Å². The fourth-order valence-corrected chi connectivity index (χ4v) is 2.19. The highest BCUT2D eigenvalue weighted by Gasteiger charge is 2.39. The predicted molar refractivity (Wildman–Crippen MR) is 57.4 cm³/mol. The van der Waals surface area contributed by atoms with Crippen molar-refractivity contribution in [1.29, 1.82) is 0 Å². The minimum absolute atomic E-state index is 0.00757. The maximum absolute atomic E-state index is 11.6. The average Bonchev–Trinajstić information content (AvgIpc) is 2.46. The molecule has 1 saturated heterocycles. The number of amides is 1. The minimum atomic E-state index is -0.712. The van der Waals surface area contributed by atoms with Crippen molar-refractivity contribution in [1.82, 2.24) is 9.88 Å². The minimum Gasteiger partial charge on any atom is -0.386 e. The molecule has 1 aliphatic heterocycles. The lowest BCUT2D eigenvalue weighted by Gasteiger charge is -2.44. The number of nitrogens with two attached hydrogens (primary N) is 1. The van der Waals surface area contributed by atoms with Gasteiger partial charge in [0.1, 0.15) is 0 Å². The van der Waals surface area contributed by atoms with E-state index in [0.29, 0.717) is 23.9 Å². The van der Waals surface area contributed by atoms with Crippen LogP contribution in [0.15, 0.2) is 5.38 Å². The number of hydrogen-bond acceptors (Lipinski definition) is 5. The molecule has 0 bridgehead atoms. The van der Waals surface area contributed by atoms with E-state index in [1.165, 1.54) is 11.3 Å². The first kappa shape index (κ1) is 10.4. The van der Waals surface area contributed by atoms with Crippen LogP contribution in [-0.2, 0) is 11.2 Å². The number of carbonyl (C=O) groups is 1. The van der Waals surface area contributed by atoms with E-state index in [1.54, 1.807) is 17.2 Å². The first-order valence-corrected chi connectivity index (χ1v) is 5.54. The Labute approximate surface area is 91.5 Å². The zero-order valence-electron chi connectivity index (χ0n) is 8.43. The molecule has 2 rings (SSSR count). The lowest BCUT2D eigenvalue weighted by molar-refractivity contribution is -0.151. The van der Waals surface area contributed by atoms with Crippen LogP contribution in [0.5, 0.6) is 0 Å². The number of aliphatic hydroxyl groups is 1. The molecule has 0 unspecified atom stereocenters. The Bertz CT molecular complexity index is 380. The Balaban J connectivity index is 1.89. The molecule has 0 spiro atoms. The second-order valence-corrected chi connectivity index (χ2v) is 4.99. The van der Waals surface area contributed by atoms with Gasteiger partial charge in [-0.25, -0.2) is 4.98 Å². The lowest BCUT2D eigenvalue weighted by Crippen LogP contribution is -2.62. The molecular formula is C9H13N3O2S. The highest BCUT2D eigenvalue weighted by atomic mass is 32.1. The highest BCUT2D eigenvalue weighted by Crippen LogP contribution is 2.21. The number of thiazole rings is 1. The lowest BCUT2D eigenvalue weighted by atomic mass is 9.96. The van der Waals surface area contributed by atoms with Gasteiger partial charge in [0.05, 0.1) is 30.8 Å². The third-order valence-corrected chi connectivity index (χ3v) is 3.04. The van der Waals surface area contributed by atoms with Gasteiger partial charge in [0.25, 0.3) is 0 Å². The van der Waals surface area contributed by atoms with E-state index in [0.717, 1.165) is 0 Å². The number of nitrogens with zero attached hydrogens (tertiary/aromatic N) is 2. The summed E-state index contributed by atoms with van der Waals surface area (Å²) in [6.07, 6.45) is 0.268. The van der Waals surface area contributed by atoms with Crippen molar-refractivity contribution in [2.75, 3.05) is 18.8 Å². The number of anilines is 1. The van der Waals surface area contributed by atoms with Gasteiger partial charge in [0, 0.05) is 5.38 Å². The predicted octanol–water partition coefficient (Wildman–Crippen LogP) is -0.139. The van der Waals surface area contributed by atoms with E-state index in [1.807, 2.05) is 0 Å². The van der Waals surface area contributed by atoms with E-state index in [4.69, 9.17) is 5.73 Å². The average molecular weight is 227 g/mol. The van der Waals surface area contributed by atoms with E-state index < -0.39 is 5.60 Å². The summed E-state index contributed by atoms with van der Waals surface area (Å²) in [5.74, 6) is -0.00757. The molecule has 1 aromatic heterocycles. The molecule has 0 saturated carbocycles. The maximum Gasteiger partial charge on any atom is 0.228 e. The van der Waals surface area contributed by atoms with Crippen molar-refractivity contribution < 1.29 is 9.90 Å². The molecule has 6 heteroatoms. The number of aromatic nitrogens is 1. The normalized spacial score (nSPS) is 18.7. The molecule has 1 aromatic rings. The summed E-state index contributed by atoms with van der Waals surface area (Å²) in [6.45, 7) is 2.54. The quantitative estimate of drug-likeness (QED) is 0.737. The second-order valence-electron chi connectivity index (χ2n) is 4.10. The summed E-state index contributed by atoms with van der Waals surface area (Å²) >= 11 is 1.33. The molecule has 82 valence electrons. The van der Waals surface area contributed by atoms with Gasteiger partial charge in [0.15, 0.2) is 5.13 Å². The van der Waals surface area contributed by atoms with Crippen LogP contribution >= 0.6 is 11.3 Å². The third-order valence-electron chi connectivity index (χ3n) is 2.32. The van der Waals surface area contributed by atoms with E-state index in [2.05, 4.69) is 4.98 Å². The van der Waals surface area contributed by atoms with Crippen molar-refractivity contribution in [2.24, 2.45) is 0 Å². The van der Waals surface area contributed by atoms with Gasteiger partial charge in [0.2, 0.25) is 5.91 Å². The Kier molecular flexibility index (Phi) is 2.40. The first-order chi connectivity index (χ1) is 6.96. The van der Waals surface area contributed by atoms with Crippen LogP contribution in [0.3, 0.4) is 0 Å². The number of carbonyl (C=O) groups excluding carboxylic acids is 1. The molecule has 0 aromatic carbocycles. The van der Waals surface area contributed by atoms with Crippen LogP contribution in [0.1, 0.15) is 12.6 Å². The third kappa shape index (κ3) is 2.27. The van der Waals surface area contributed by atoms with Gasteiger partial charge in [-0.3, -0.25) is 4.79 Å². The smallest absolute Gasteiger partial charge is 0.228 e. The van der Waals surface area contributed by atoms with Gasteiger partial charge in [-0.2, -0.15) is 0 Å². The summed E-state index contributed by atoms with van der Waals surface area (Å²) in [4.78, 5) is 17.3. The standard InChI is InChI=1S/C9H13N3O2S/c1-9(14)4-12(5-9)7(13)2-6-3-15-8(10)11-6/h3,14H,2,4-5H2,1H3,(H2,10,11). The van der Waals surface area contributed by atoms with Gasteiger partial charge < -0.3 is 15.7 Å². The van der Waals surface area contributed by atoms with Crippen LogP contribution in [-0.4, -0.2) is 39.6 Å². The SMILES string of the molecule is CC1(O)CN(C(=O)Cc2csc(N)n2)C1. The van der Waals surface area contributed by atoms with Crippen LogP contribution in [0.2, 0.25) is 0 Å². The number of nitrogen functional groups attached to an aromatic ring is 1. The summed E-state index contributed by atoms with van der Waals surface area (Å²) < 4.78 is 0. The monoisotopic (exact) mass is 227 g/mol. The molecule has 1 fully saturated rings. The van der Waals surface area contributed by atoms with Crippen LogP contribution in [0, 0.1) is 0 Å². The summed E-state index contributed by atoms with van der Waals surface area (Å²) in [5.41, 5.74) is 5.45. The number of likely N-dealkylation sites (tertiary alicyclic amines) is 1. The molecule has 3 N–H and O–H groups in total. The van der Waals surface area contributed by atoms with E-state index in [-0.39, 0.29) is 12.3 Å². The summed E-state index contributed by atoms with van der Waals surface area (Å²) in [6, 6.07) is 0. The van der Waals surface area contributed by atoms with Crippen LogP contribution in [0.25, 0.3) is 0 Å². The van der Waals surface area contributed by atoms with Gasteiger partial charge in [-0.15, -0.1) is 11.3 Å². The fourth-order valence-electron chi connectivity index (χ4n) is 1.62. The number of hydrogen-bond donors (Lipinski definition) is 2. The van der Waals surface area contributed by atoms with Gasteiger partial charge in [-0.05, 0) is 6.92 Å². The summed E-state index contributed by atoms with van der Waals surface area (Å²) in [7, 11) is 0. The maximum atomic E-state index is 11.6. The molecule has 0 aliphatic carbocycles. The second kappa shape index (κ2) is 3.46. The molecule has 0 atom stereocenters. The van der Waals surface area contributed by atoms with Crippen molar-refractivity contribution in [3.05, 3.63) is 11.1 Å². The van der Waals surface area contributed by atoms with Crippen molar-refractivity contribution in [3.63, 3.8) is 0 Å². The number of rotatable bonds is 2. The zero-order chi connectivity index (χ0) is 11.1. The van der Waals surface area contributed by atoms with E-state index >= 15 is 0 Å². The highest BCUT2D eigenvalue weighted by molar-refractivity contribution is 7.13. The van der Waals surface area contributed by atoms with Crippen LogP contribution < -0.4 is 5.73 Å². The molecule has 1 amide bonds. The Morgan fingerprint density at radius 1 is 1.80 bits per heavy atom. The first-order valence-electron chi connectivity index (χ1n) is 4.66. The Hall–Kier alpha value is -1.14. The van der Waals surface area contributed by atoms with Gasteiger partial charge in [-0.1, -0.05) is 0 Å². The molecular weight excluding hydrogens is 214 g/mol. The number of β-amino-alcohol motifs (C(OH)–C–C–N with tert-alkyl or cyclic N) is 1. The largest absolute Gasteiger partial charge is 0.386 e. The zero-order valence-corrected chi connectivity index (χ0v) is 9.25. The van der Waals surface area contributed by atoms with Crippen molar-refractivity contribution in [3.8, 4) is 0 Å². The molecule has 1 aliphatic rings. The van der Waals surface area contributed by atoms with Crippen molar-refractivity contribution in [2.45, 2.75) is 18.9 Å². The molecule has 15 heavy (non-hydrogen) atoms. The van der Waals surface area contributed by atoms with Gasteiger partial charge >= 0.3 is 0 Å². The molecule has 5 nitrogen and oxygen atoms in total. The summed E-state index contributed by atoms with van der Waals surface area (Å²) in [5, 5.41) is 11.7. The van der Waals surface area contributed by atoms with Crippen molar-refractivity contribution >= 4 is 22.4 Å².